The van der Waals surface area contributed by atoms with Gasteiger partial charge in [0.05, 0.1) is 38.0 Å². The van der Waals surface area contributed by atoms with Gasteiger partial charge in [-0.15, -0.1) is 11.3 Å². The van der Waals surface area contributed by atoms with Crippen LogP contribution in [0.25, 0.3) is 0 Å². The standard InChI is InChI=1S/C21H20N2O4S2/c1-25-17-7-6-14(19(26-2)20(17)27-3)16-11-15(13-8-10-28-12-13)22-23(16)21(24)18-5-4-9-29-18/h4-10,12,16H,11H2,1-3H3. The number of hydrazone groups is 1. The Morgan fingerprint density at radius 1 is 1.07 bits per heavy atom. The molecular formula is C21H20N2O4S2. The molecule has 8 heteroatoms. The van der Waals surface area contributed by atoms with Gasteiger partial charge in [-0.2, -0.15) is 16.4 Å². The molecule has 3 aromatic rings. The third-order valence-corrected chi connectivity index (χ3v) is 6.34. The second-order valence-corrected chi connectivity index (χ2v) is 8.06. The van der Waals surface area contributed by atoms with E-state index in [0.717, 1.165) is 16.8 Å². The first-order chi connectivity index (χ1) is 14.2. The quantitative estimate of drug-likeness (QED) is 0.564. The second kappa shape index (κ2) is 8.26. The molecule has 0 fully saturated rings. The molecule has 150 valence electrons. The smallest absolute Gasteiger partial charge is 0.284 e. The minimum Gasteiger partial charge on any atom is -0.493 e. The van der Waals surface area contributed by atoms with Crippen LogP contribution in [0.2, 0.25) is 0 Å². The van der Waals surface area contributed by atoms with Gasteiger partial charge >= 0.3 is 0 Å². The molecule has 0 radical (unpaired) electrons. The van der Waals surface area contributed by atoms with Crippen molar-refractivity contribution in [2.24, 2.45) is 5.10 Å². The predicted octanol–water partition coefficient (Wildman–Crippen LogP) is 4.83. The van der Waals surface area contributed by atoms with Crippen LogP contribution < -0.4 is 14.2 Å². The molecule has 0 aliphatic carbocycles. The van der Waals surface area contributed by atoms with Crippen molar-refractivity contribution in [3.05, 3.63) is 62.5 Å². The minimum atomic E-state index is -0.311. The zero-order valence-corrected chi connectivity index (χ0v) is 17.9. The SMILES string of the molecule is COc1ccc(C2CC(c3ccsc3)=NN2C(=O)c2cccs2)c(OC)c1OC. The molecule has 0 spiro atoms. The highest BCUT2D eigenvalue weighted by atomic mass is 32.1. The van der Waals surface area contributed by atoms with Crippen molar-refractivity contribution in [2.45, 2.75) is 12.5 Å². The van der Waals surface area contributed by atoms with E-state index in [0.29, 0.717) is 28.5 Å². The summed E-state index contributed by atoms with van der Waals surface area (Å²) in [6.45, 7) is 0. The lowest BCUT2D eigenvalue weighted by atomic mass is 9.98. The summed E-state index contributed by atoms with van der Waals surface area (Å²) in [6.07, 6.45) is 0.583. The molecule has 29 heavy (non-hydrogen) atoms. The van der Waals surface area contributed by atoms with E-state index in [4.69, 9.17) is 19.3 Å². The molecule has 1 aliphatic rings. The van der Waals surface area contributed by atoms with Crippen molar-refractivity contribution in [3.63, 3.8) is 0 Å². The molecule has 0 saturated carbocycles. The fourth-order valence-electron chi connectivity index (χ4n) is 3.44. The maximum atomic E-state index is 13.2. The van der Waals surface area contributed by atoms with Gasteiger partial charge in [-0.1, -0.05) is 6.07 Å². The summed E-state index contributed by atoms with van der Waals surface area (Å²) in [5.41, 5.74) is 2.72. The first-order valence-electron chi connectivity index (χ1n) is 8.94. The van der Waals surface area contributed by atoms with Gasteiger partial charge < -0.3 is 14.2 Å². The van der Waals surface area contributed by atoms with Crippen LogP contribution in [0, 0.1) is 0 Å². The summed E-state index contributed by atoms with van der Waals surface area (Å²) in [5.74, 6) is 1.48. The van der Waals surface area contributed by atoms with Crippen LogP contribution >= 0.6 is 22.7 Å². The van der Waals surface area contributed by atoms with Gasteiger partial charge in [0, 0.05) is 17.5 Å². The van der Waals surface area contributed by atoms with Gasteiger partial charge in [0.25, 0.3) is 5.91 Å². The average Bonchev–Trinajstić information content (AvgIpc) is 3.52. The number of hydrogen-bond donors (Lipinski definition) is 0. The van der Waals surface area contributed by atoms with Gasteiger partial charge in [-0.05, 0) is 40.4 Å². The van der Waals surface area contributed by atoms with Crippen LogP contribution in [0.3, 0.4) is 0 Å². The largest absolute Gasteiger partial charge is 0.493 e. The zero-order valence-electron chi connectivity index (χ0n) is 16.2. The van der Waals surface area contributed by atoms with E-state index in [1.54, 1.807) is 37.7 Å². The van der Waals surface area contributed by atoms with Crippen molar-refractivity contribution < 1.29 is 19.0 Å². The Morgan fingerprint density at radius 3 is 2.52 bits per heavy atom. The second-order valence-electron chi connectivity index (χ2n) is 6.33. The number of methoxy groups -OCH3 is 3. The predicted molar refractivity (Wildman–Crippen MR) is 115 cm³/mol. The highest BCUT2D eigenvalue weighted by Crippen LogP contribution is 2.46. The highest BCUT2D eigenvalue weighted by molar-refractivity contribution is 7.12. The molecule has 1 aromatic carbocycles. The van der Waals surface area contributed by atoms with Crippen LogP contribution in [0.15, 0.2) is 51.6 Å². The van der Waals surface area contributed by atoms with Crippen LogP contribution in [0.5, 0.6) is 17.2 Å². The van der Waals surface area contributed by atoms with Crippen LogP contribution in [0.1, 0.15) is 33.3 Å². The lowest BCUT2D eigenvalue weighted by molar-refractivity contribution is 0.0714. The number of benzene rings is 1. The van der Waals surface area contributed by atoms with E-state index in [9.17, 15) is 4.79 Å². The molecule has 1 aliphatic heterocycles. The van der Waals surface area contributed by atoms with E-state index in [1.807, 2.05) is 46.5 Å². The molecule has 4 rings (SSSR count). The average molecular weight is 429 g/mol. The lowest BCUT2D eigenvalue weighted by Crippen LogP contribution is -2.26. The summed E-state index contributed by atoms with van der Waals surface area (Å²) in [5, 5.41) is 12.2. The van der Waals surface area contributed by atoms with Crippen molar-refractivity contribution in [2.75, 3.05) is 21.3 Å². The molecule has 2 aromatic heterocycles. The first-order valence-corrected chi connectivity index (χ1v) is 10.8. The maximum absolute atomic E-state index is 13.2. The van der Waals surface area contributed by atoms with Crippen LogP contribution in [0.4, 0.5) is 0 Å². The molecule has 0 bridgehead atoms. The topological polar surface area (TPSA) is 60.4 Å². The Hall–Kier alpha value is -2.84. The summed E-state index contributed by atoms with van der Waals surface area (Å²) in [4.78, 5) is 13.9. The Labute approximate surface area is 177 Å². The molecule has 1 unspecified atom stereocenters. The monoisotopic (exact) mass is 428 g/mol. The summed E-state index contributed by atoms with van der Waals surface area (Å²) in [7, 11) is 4.74. The maximum Gasteiger partial charge on any atom is 0.284 e. The van der Waals surface area contributed by atoms with Gasteiger partial charge in [0.15, 0.2) is 11.5 Å². The third kappa shape index (κ3) is 3.49. The van der Waals surface area contributed by atoms with Gasteiger partial charge in [0.1, 0.15) is 0 Å². The fraction of sp³-hybridized carbons (Fsp3) is 0.238. The number of amides is 1. The number of nitrogens with zero attached hydrogens (tertiary/aromatic N) is 2. The van der Waals surface area contributed by atoms with Crippen molar-refractivity contribution in [1.29, 1.82) is 0 Å². The van der Waals surface area contributed by atoms with Crippen LogP contribution in [-0.4, -0.2) is 38.0 Å². The Kier molecular flexibility index (Phi) is 5.55. The number of thiophene rings is 2. The first kappa shape index (κ1) is 19.5. The zero-order chi connectivity index (χ0) is 20.4. The van der Waals surface area contributed by atoms with Crippen molar-refractivity contribution >= 4 is 34.3 Å². The number of ether oxygens (including phenoxy) is 3. The Bertz CT molecular complexity index is 1030. The van der Waals surface area contributed by atoms with Gasteiger partial charge in [-0.3, -0.25) is 4.79 Å². The van der Waals surface area contributed by atoms with E-state index >= 15 is 0 Å². The normalized spacial score (nSPS) is 15.9. The van der Waals surface area contributed by atoms with Crippen LogP contribution in [-0.2, 0) is 0 Å². The Morgan fingerprint density at radius 2 is 1.90 bits per heavy atom. The molecular weight excluding hydrogens is 408 g/mol. The molecule has 3 heterocycles. The third-order valence-electron chi connectivity index (χ3n) is 4.80. The molecule has 1 atom stereocenters. The van der Waals surface area contributed by atoms with E-state index in [-0.39, 0.29) is 11.9 Å². The lowest BCUT2D eigenvalue weighted by Gasteiger charge is -2.24. The molecule has 0 N–H and O–H groups in total. The Balaban J connectivity index is 1.80. The molecule has 0 saturated heterocycles. The summed E-state index contributed by atoms with van der Waals surface area (Å²) < 4.78 is 16.6. The number of hydrogen-bond acceptors (Lipinski definition) is 7. The number of carbonyl (C=O) groups excluding carboxylic acids is 1. The number of rotatable bonds is 6. The molecule has 6 nitrogen and oxygen atoms in total. The van der Waals surface area contributed by atoms with Crippen molar-refractivity contribution in [1.82, 2.24) is 5.01 Å². The minimum absolute atomic E-state index is 0.132. The van der Waals surface area contributed by atoms with E-state index in [2.05, 4.69) is 0 Å². The van der Waals surface area contributed by atoms with Gasteiger partial charge in [-0.25, -0.2) is 5.01 Å². The van der Waals surface area contributed by atoms with Gasteiger partial charge in [0.2, 0.25) is 5.75 Å². The van der Waals surface area contributed by atoms with Crippen molar-refractivity contribution in [3.8, 4) is 17.2 Å². The van der Waals surface area contributed by atoms with E-state index < -0.39 is 0 Å². The highest BCUT2D eigenvalue weighted by Gasteiger charge is 2.37. The summed E-state index contributed by atoms with van der Waals surface area (Å²) >= 11 is 3.01. The summed E-state index contributed by atoms with van der Waals surface area (Å²) in [6, 6.07) is 9.12. The fourth-order valence-corrected chi connectivity index (χ4v) is 4.76. The number of carbonyl (C=O) groups is 1. The molecule has 1 amide bonds. The van der Waals surface area contributed by atoms with E-state index in [1.165, 1.54) is 11.3 Å².